The molecule has 0 spiro atoms. The van der Waals surface area contributed by atoms with Crippen LogP contribution in [0, 0.1) is 0 Å². The van der Waals surface area contributed by atoms with E-state index in [9.17, 15) is 4.79 Å². The van der Waals surface area contributed by atoms with E-state index in [0.717, 1.165) is 22.5 Å². The molecular formula is C25H21Cl2N3O2S. The first-order valence-corrected chi connectivity index (χ1v) is 11.9. The molecule has 4 aromatic rings. The smallest absolute Gasteiger partial charge is 0.298 e. The molecule has 0 saturated carbocycles. The van der Waals surface area contributed by atoms with Crippen LogP contribution in [0.25, 0.3) is 0 Å². The maximum absolute atomic E-state index is 12.3. The van der Waals surface area contributed by atoms with Gasteiger partial charge in [-0.1, -0.05) is 71.7 Å². The van der Waals surface area contributed by atoms with Crippen molar-refractivity contribution >= 4 is 40.6 Å². The number of halogens is 2. The van der Waals surface area contributed by atoms with Gasteiger partial charge in [0.1, 0.15) is 5.75 Å². The first-order valence-electron chi connectivity index (χ1n) is 10.4. The zero-order valence-corrected chi connectivity index (χ0v) is 20.0. The van der Waals surface area contributed by atoms with E-state index >= 15 is 0 Å². The molecule has 33 heavy (non-hydrogen) atoms. The Balaban J connectivity index is 1.24. The van der Waals surface area contributed by atoms with Crippen molar-refractivity contribution in [3.8, 4) is 10.9 Å². The average Bonchev–Trinajstić information content (AvgIpc) is 3.24. The first-order chi connectivity index (χ1) is 16.0. The van der Waals surface area contributed by atoms with E-state index < -0.39 is 0 Å². The topological polar surface area (TPSA) is 64.1 Å². The van der Waals surface area contributed by atoms with E-state index in [4.69, 9.17) is 27.9 Å². The molecule has 4 rings (SSSR count). The van der Waals surface area contributed by atoms with Crippen LogP contribution < -0.4 is 10.1 Å². The zero-order valence-electron chi connectivity index (χ0n) is 17.6. The fourth-order valence-corrected chi connectivity index (χ4v) is 4.29. The van der Waals surface area contributed by atoms with Crippen molar-refractivity contribution in [1.82, 2.24) is 14.7 Å². The summed E-state index contributed by atoms with van der Waals surface area (Å²) in [5, 5.41) is 4.62. The van der Waals surface area contributed by atoms with Crippen molar-refractivity contribution in [2.75, 3.05) is 6.54 Å². The second-order valence-electron chi connectivity index (χ2n) is 7.40. The normalized spacial score (nSPS) is 10.7. The summed E-state index contributed by atoms with van der Waals surface area (Å²) in [6.45, 7) is 0.504. The summed E-state index contributed by atoms with van der Waals surface area (Å²) in [7, 11) is 0. The molecule has 0 unspecified atom stereocenters. The lowest BCUT2D eigenvalue weighted by Gasteiger charge is -2.08. The van der Waals surface area contributed by atoms with Crippen molar-refractivity contribution in [3.63, 3.8) is 0 Å². The van der Waals surface area contributed by atoms with Gasteiger partial charge in [0.25, 0.3) is 5.19 Å². The van der Waals surface area contributed by atoms with Crippen LogP contribution in [-0.2, 0) is 24.1 Å². The number of carbonyl (C=O) groups is 1. The Morgan fingerprint density at radius 1 is 0.970 bits per heavy atom. The minimum absolute atomic E-state index is 0.0524. The van der Waals surface area contributed by atoms with Crippen molar-refractivity contribution < 1.29 is 9.53 Å². The summed E-state index contributed by atoms with van der Waals surface area (Å²) in [5.74, 6) is 1.33. The molecule has 1 aromatic heterocycles. The number of benzene rings is 3. The highest BCUT2D eigenvalue weighted by Crippen LogP contribution is 2.24. The van der Waals surface area contributed by atoms with Gasteiger partial charge in [-0.15, -0.1) is 0 Å². The zero-order chi connectivity index (χ0) is 23.0. The highest BCUT2D eigenvalue weighted by molar-refractivity contribution is 7.07. The Morgan fingerprint density at radius 2 is 1.76 bits per heavy atom. The average molecular weight is 498 g/mol. The maximum Gasteiger partial charge on any atom is 0.298 e. The Morgan fingerprint density at radius 3 is 2.52 bits per heavy atom. The van der Waals surface area contributed by atoms with Gasteiger partial charge in [-0.25, -0.2) is 0 Å². The molecule has 1 heterocycles. The molecule has 0 aliphatic carbocycles. The number of nitrogens with zero attached hydrogens (tertiary/aromatic N) is 2. The molecule has 0 radical (unpaired) electrons. The number of rotatable bonds is 9. The first kappa shape index (κ1) is 23.2. The summed E-state index contributed by atoms with van der Waals surface area (Å²) in [6, 6.07) is 22.8. The predicted molar refractivity (Wildman–Crippen MR) is 133 cm³/mol. The number of amides is 1. The molecule has 1 amide bonds. The molecule has 0 aliphatic rings. The van der Waals surface area contributed by atoms with Crippen LogP contribution in [0.4, 0.5) is 0 Å². The van der Waals surface area contributed by atoms with Crippen LogP contribution in [0.15, 0.2) is 72.8 Å². The lowest BCUT2D eigenvalue weighted by molar-refractivity contribution is -0.120. The van der Waals surface area contributed by atoms with Gasteiger partial charge in [0, 0.05) is 34.5 Å². The summed E-state index contributed by atoms with van der Waals surface area (Å²) < 4.78 is 10.2. The monoisotopic (exact) mass is 497 g/mol. The maximum atomic E-state index is 12.3. The van der Waals surface area contributed by atoms with E-state index in [1.54, 1.807) is 12.1 Å². The third kappa shape index (κ3) is 7.02. The molecule has 0 aliphatic heterocycles. The minimum Gasteiger partial charge on any atom is -0.430 e. The highest BCUT2D eigenvalue weighted by Gasteiger charge is 2.09. The number of nitrogens with one attached hydrogen (secondary N) is 1. The Bertz CT molecular complexity index is 1210. The molecule has 0 saturated heterocycles. The molecule has 0 fully saturated rings. The van der Waals surface area contributed by atoms with Crippen molar-refractivity contribution in [1.29, 1.82) is 0 Å². The lowest BCUT2D eigenvalue weighted by Crippen LogP contribution is -2.27. The lowest BCUT2D eigenvalue weighted by atomic mass is 10.1. The number of aromatic nitrogens is 2. The SMILES string of the molecule is O=C(Cc1ccc(Oc2nc(Cc3ccccc3)ns2)cc1)NCCc1ccc(Cl)cc1Cl. The quantitative estimate of drug-likeness (QED) is 0.302. The molecule has 3 aromatic carbocycles. The second-order valence-corrected chi connectivity index (χ2v) is 8.96. The standard InChI is InChI=1S/C25H21Cl2N3O2S/c26-20-9-8-19(22(27)16-20)12-13-28-24(31)15-18-6-10-21(11-7-18)32-25-29-23(30-33-25)14-17-4-2-1-3-5-17/h1-11,16H,12-15H2,(H,28,31). The van der Waals surface area contributed by atoms with Gasteiger partial charge < -0.3 is 10.1 Å². The van der Waals surface area contributed by atoms with E-state index in [2.05, 4.69) is 14.7 Å². The van der Waals surface area contributed by atoms with Crippen LogP contribution in [0.3, 0.4) is 0 Å². The highest BCUT2D eigenvalue weighted by atomic mass is 35.5. The largest absolute Gasteiger partial charge is 0.430 e. The van der Waals surface area contributed by atoms with E-state index in [0.29, 0.717) is 40.4 Å². The van der Waals surface area contributed by atoms with Gasteiger partial charge in [-0.3, -0.25) is 4.79 Å². The van der Waals surface area contributed by atoms with Crippen LogP contribution in [-0.4, -0.2) is 21.8 Å². The summed E-state index contributed by atoms with van der Waals surface area (Å²) in [5.41, 5.74) is 3.00. The van der Waals surface area contributed by atoms with E-state index in [-0.39, 0.29) is 12.3 Å². The van der Waals surface area contributed by atoms with Crippen molar-refractivity contribution in [2.45, 2.75) is 19.3 Å². The van der Waals surface area contributed by atoms with Gasteiger partial charge in [0.2, 0.25) is 5.91 Å². The van der Waals surface area contributed by atoms with Crippen molar-refractivity contribution in [2.24, 2.45) is 0 Å². The molecular weight excluding hydrogens is 477 g/mol. The van der Waals surface area contributed by atoms with E-state index in [1.807, 2.05) is 60.7 Å². The van der Waals surface area contributed by atoms with Gasteiger partial charge >= 0.3 is 0 Å². The van der Waals surface area contributed by atoms with Crippen LogP contribution in [0.1, 0.15) is 22.5 Å². The van der Waals surface area contributed by atoms with Crippen LogP contribution in [0.2, 0.25) is 10.0 Å². The molecule has 0 atom stereocenters. The summed E-state index contributed by atoms with van der Waals surface area (Å²) in [4.78, 5) is 16.7. The Hall–Kier alpha value is -2.93. The molecule has 168 valence electrons. The predicted octanol–water partition coefficient (Wildman–Crippen LogP) is 6.13. The molecule has 0 bridgehead atoms. The number of hydrogen-bond acceptors (Lipinski definition) is 5. The third-order valence-electron chi connectivity index (χ3n) is 4.88. The van der Waals surface area contributed by atoms with Gasteiger partial charge in [0.05, 0.1) is 6.42 Å². The molecule has 1 N–H and O–H groups in total. The van der Waals surface area contributed by atoms with Gasteiger partial charge in [-0.05, 0) is 47.4 Å². The fourth-order valence-electron chi connectivity index (χ4n) is 3.21. The van der Waals surface area contributed by atoms with Crippen LogP contribution in [0.5, 0.6) is 10.9 Å². The van der Waals surface area contributed by atoms with Gasteiger partial charge in [0.15, 0.2) is 5.82 Å². The van der Waals surface area contributed by atoms with Crippen LogP contribution >= 0.6 is 34.7 Å². The number of ether oxygens (including phenoxy) is 1. The van der Waals surface area contributed by atoms with Crippen molar-refractivity contribution in [3.05, 3.63) is 105 Å². The number of carbonyl (C=O) groups excluding carboxylic acids is 1. The summed E-state index contributed by atoms with van der Waals surface area (Å²) in [6.07, 6.45) is 1.59. The van der Waals surface area contributed by atoms with E-state index in [1.165, 1.54) is 11.5 Å². The number of hydrogen-bond donors (Lipinski definition) is 1. The molecule has 5 nitrogen and oxygen atoms in total. The second kappa shape index (κ2) is 11.3. The minimum atomic E-state index is -0.0524. The molecule has 8 heteroatoms. The fraction of sp³-hybridized carbons (Fsp3) is 0.160. The van der Waals surface area contributed by atoms with Gasteiger partial charge in [-0.2, -0.15) is 9.36 Å². The summed E-state index contributed by atoms with van der Waals surface area (Å²) >= 11 is 13.3. The Labute approximate surface area is 206 Å². The third-order valence-corrected chi connectivity index (χ3v) is 6.10. The Kier molecular flexibility index (Phi) is 7.94.